The number of hydrogen-bond donors (Lipinski definition) is 1. The normalized spacial score (nSPS) is 12.3. The smallest absolute Gasteiger partial charge is 0.0992 e. The first kappa shape index (κ1) is 15.5. The Morgan fingerprint density at radius 3 is 2.53 bits per heavy atom. The SMILES string of the molecule is COCCN(c1cc(C#N)ccc1[C@@H](C)O)C(C)C. The molecule has 0 heterocycles. The summed E-state index contributed by atoms with van der Waals surface area (Å²) in [6.45, 7) is 7.23. The van der Waals surface area contributed by atoms with Crippen LogP contribution in [0.2, 0.25) is 0 Å². The molecule has 0 saturated carbocycles. The minimum Gasteiger partial charge on any atom is -0.389 e. The molecule has 19 heavy (non-hydrogen) atoms. The molecule has 0 amide bonds. The van der Waals surface area contributed by atoms with Crippen molar-refractivity contribution in [3.63, 3.8) is 0 Å². The van der Waals surface area contributed by atoms with Gasteiger partial charge in [0.2, 0.25) is 0 Å². The highest BCUT2D eigenvalue weighted by atomic mass is 16.5. The number of nitriles is 1. The van der Waals surface area contributed by atoms with Gasteiger partial charge >= 0.3 is 0 Å². The fourth-order valence-corrected chi connectivity index (χ4v) is 2.06. The van der Waals surface area contributed by atoms with E-state index in [0.29, 0.717) is 12.2 Å². The fraction of sp³-hybridized carbons (Fsp3) is 0.533. The lowest BCUT2D eigenvalue weighted by Gasteiger charge is -2.31. The zero-order chi connectivity index (χ0) is 14.4. The maximum atomic E-state index is 9.88. The number of anilines is 1. The van der Waals surface area contributed by atoms with Gasteiger partial charge in [-0.15, -0.1) is 0 Å². The molecule has 0 saturated heterocycles. The van der Waals surface area contributed by atoms with Crippen LogP contribution in [0.5, 0.6) is 0 Å². The molecule has 1 rings (SSSR count). The summed E-state index contributed by atoms with van der Waals surface area (Å²) in [6.07, 6.45) is -0.563. The summed E-state index contributed by atoms with van der Waals surface area (Å²) in [5, 5.41) is 18.9. The Morgan fingerprint density at radius 2 is 2.05 bits per heavy atom. The van der Waals surface area contributed by atoms with Gasteiger partial charge in [0.25, 0.3) is 0 Å². The van der Waals surface area contributed by atoms with Crippen LogP contribution in [0.3, 0.4) is 0 Å². The number of ether oxygens (including phenoxy) is 1. The lowest BCUT2D eigenvalue weighted by atomic mass is 10.0. The van der Waals surface area contributed by atoms with E-state index in [1.54, 1.807) is 20.1 Å². The average molecular weight is 262 g/mol. The van der Waals surface area contributed by atoms with Gasteiger partial charge in [-0.05, 0) is 32.9 Å². The van der Waals surface area contributed by atoms with Crippen LogP contribution in [0.4, 0.5) is 5.69 Å². The minimum absolute atomic E-state index is 0.265. The molecule has 1 aromatic carbocycles. The third-order valence-electron chi connectivity index (χ3n) is 3.08. The van der Waals surface area contributed by atoms with E-state index < -0.39 is 6.10 Å². The molecular weight excluding hydrogens is 240 g/mol. The van der Waals surface area contributed by atoms with Gasteiger partial charge in [-0.25, -0.2) is 0 Å². The number of nitrogens with zero attached hydrogens (tertiary/aromatic N) is 2. The van der Waals surface area contributed by atoms with Gasteiger partial charge in [-0.1, -0.05) is 6.07 Å². The Kier molecular flexibility index (Phi) is 5.81. The zero-order valence-corrected chi connectivity index (χ0v) is 12.1. The third kappa shape index (κ3) is 3.95. The molecule has 0 bridgehead atoms. The second-order valence-corrected chi connectivity index (χ2v) is 4.84. The summed E-state index contributed by atoms with van der Waals surface area (Å²) in [5.41, 5.74) is 2.34. The number of benzene rings is 1. The van der Waals surface area contributed by atoms with E-state index in [9.17, 15) is 5.11 Å². The van der Waals surface area contributed by atoms with Crippen LogP contribution in [0.15, 0.2) is 18.2 Å². The maximum absolute atomic E-state index is 9.88. The van der Waals surface area contributed by atoms with Gasteiger partial charge in [0, 0.05) is 30.9 Å². The van der Waals surface area contributed by atoms with Crippen molar-refractivity contribution in [1.82, 2.24) is 0 Å². The van der Waals surface area contributed by atoms with Gasteiger partial charge in [-0.2, -0.15) is 5.26 Å². The van der Waals surface area contributed by atoms with Crippen molar-refractivity contribution >= 4 is 5.69 Å². The van der Waals surface area contributed by atoms with Gasteiger partial charge < -0.3 is 14.7 Å². The number of aliphatic hydroxyl groups is 1. The van der Waals surface area contributed by atoms with Crippen molar-refractivity contribution < 1.29 is 9.84 Å². The summed E-state index contributed by atoms with van der Waals surface area (Å²) in [6, 6.07) is 7.80. The first-order valence-corrected chi connectivity index (χ1v) is 6.49. The van der Waals surface area contributed by atoms with Gasteiger partial charge in [-0.3, -0.25) is 0 Å². The summed E-state index contributed by atoms with van der Waals surface area (Å²) in [4.78, 5) is 2.15. The number of rotatable bonds is 6. The first-order valence-electron chi connectivity index (χ1n) is 6.49. The molecule has 0 spiro atoms. The highest BCUT2D eigenvalue weighted by molar-refractivity contribution is 5.59. The quantitative estimate of drug-likeness (QED) is 0.855. The number of hydrogen-bond acceptors (Lipinski definition) is 4. The molecule has 0 aliphatic heterocycles. The topological polar surface area (TPSA) is 56.5 Å². The van der Waals surface area contributed by atoms with Crippen LogP contribution >= 0.6 is 0 Å². The van der Waals surface area contributed by atoms with Crippen LogP contribution in [0.1, 0.15) is 38.0 Å². The molecule has 1 atom stereocenters. The fourth-order valence-electron chi connectivity index (χ4n) is 2.06. The van der Waals surface area contributed by atoms with Crippen molar-refractivity contribution in [2.45, 2.75) is 32.9 Å². The second-order valence-electron chi connectivity index (χ2n) is 4.84. The molecule has 4 heteroatoms. The number of methoxy groups -OCH3 is 1. The molecule has 0 radical (unpaired) electrons. The standard InChI is InChI=1S/C15H22N2O2/c1-11(2)17(7-8-19-4)15-9-13(10-16)5-6-14(15)12(3)18/h5-6,9,11-12,18H,7-8H2,1-4H3/t12-/m1/s1. The molecule has 0 aliphatic carbocycles. The van der Waals surface area contributed by atoms with E-state index in [2.05, 4.69) is 24.8 Å². The van der Waals surface area contributed by atoms with Crippen LogP contribution in [0, 0.1) is 11.3 Å². The Bertz CT molecular complexity index is 450. The van der Waals surface area contributed by atoms with Crippen molar-refractivity contribution in [3.05, 3.63) is 29.3 Å². The molecule has 0 aromatic heterocycles. The summed E-state index contributed by atoms with van der Waals surface area (Å²) in [7, 11) is 1.67. The van der Waals surface area contributed by atoms with E-state index in [0.717, 1.165) is 17.8 Å². The molecule has 0 aliphatic rings. The van der Waals surface area contributed by atoms with Crippen LogP contribution in [0.25, 0.3) is 0 Å². The van der Waals surface area contributed by atoms with Gasteiger partial charge in [0.1, 0.15) is 0 Å². The lowest BCUT2D eigenvalue weighted by Crippen LogP contribution is -2.34. The van der Waals surface area contributed by atoms with Crippen molar-refractivity contribution in [2.75, 3.05) is 25.2 Å². The number of aliphatic hydroxyl groups excluding tert-OH is 1. The largest absolute Gasteiger partial charge is 0.389 e. The van der Waals surface area contributed by atoms with E-state index in [1.807, 2.05) is 12.1 Å². The minimum atomic E-state index is -0.563. The Balaban J connectivity index is 3.21. The molecule has 0 unspecified atom stereocenters. The van der Waals surface area contributed by atoms with E-state index in [4.69, 9.17) is 10.00 Å². The maximum Gasteiger partial charge on any atom is 0.0992 e. The molecule has 0 fully saturated rings. The van der Waals surface area contributed by atoms with Gasteiger partial charge in [0.05, 0.1) is 24.3 Å². The average Bonchev–Trinajstić information content (AvgIpc) is 2.38. The predicted octanol–water partition coefficient (Wildman–Crippen LogP) is 2.47. The molecule has 1 aromatic rings. The third-order valence-corrected chi connectivity index (χ3v) is 3.08. The van der Waals surface area contributed by atoms with Crippen LogP contribution < -0.4 is 4.90 Å². The monoisotopic (exact) mass is 262 g/mol. The first-order chi connectivity index (χ1) is 9.01. The van der Waals surface area contributed by atoms with E-state index in [-0.39, 0.29) is 6.04 Å². The van der Waals surface area contributed by atoms with Crippen LogP contribution in [-0.4, -0.2) is 31.4 Å². The molecular formula is C15H22N2O2. The van der Waals surface area contributed by atoms with Crippen molar-refractivity contribution in [2.24, 2.45) is 0 Å². The second kappa shape index (κ2) is 7.13. The highest BCUT2D eigenvalue weighted by Gasteiger charge is 2.17. The molecule has 4 nitrogen and oxygen atoms in total. The zero-order valence-electron chi connectivity index (χ0n) is 12.1. The summed E-state index contributed by atoms with van der Waals surface area (Å²) < 4.78 is 5.13. The van der Waals surface area contributed by atoms with Crippen LogP contribution in [-0.2, 0) is 4.74 Å². The predicted molar refractivity (Wildman–Crippen MR) is 76.1 cm³/mol. The van der Waals surface area contributed by atoms with Crippen molar-refractivity contribution in [1.29, 1.82) is 5.26 Å². The van der Waals surface area contributed by atoms with E-state index >= 15 is 0 Å². The molecule has 104 valence electrons. The van der Waals surface area contributed by atoms with E-state index in [1.165, 1.54) is 0 Å². The Morgan fingerprint density at radius 1 is 1.37 bits per heavy atom. The van der Waals surface area contributed by atoms with Gasteiger partial charge in [0.15, 0.2) is 0 Å². The summed E-state index contributed by atoms with van der Waals surface area (Å²) >= 11 is 0. The molecule has 1 N–H and O–H groups in total. The summed E-state index contributed by atoms with van der Waals surface area (Å²) in [5.74, 6) is 0. The van der Waals surface area contributed by atoms with Crippen molar-refractivity contribution in [3.8, 4) is 6.07 Å². The lowest BCUT2D eigenvalue weighted by molar-refractivity contribution is 0.196. The highest BCUT2D eigenvalue weighted by Crippen LogP contribution is 2.29. The Labute approximate surface area is 115 Å². The Hall–Kier alpha value is -1.57.